The fraction of sp³-hybridized carbons (Fsp3) is 0.318. The lowest BCUT2D eigenvalue weighted by Gasteiger charge is -2.31. The molecule has 3 aromatic heterocycles. The number of para-hydroxylation sites is 1. The number of thiophene rings is 1. The molecule has 0 bridgehead atoms. The van der Waals surface area contributed by atoms with Crippen LogP contribution in [0.4, 0.5) is 0 Å². The predicted octanol–water partition coefficient (Wildman–Crippen LogP) is 3.30. The Bertz CT molecular complexity index is 1260. The monoisotopic (exact) mass is 435 g/mol. The molecule has 4 aromatic rings. The summed E-state index contributed by atoms with van der Waals surface area (Å²) >= 11 is 1.58. The number of aryl methyl sites for hydroxylation is 1. The van der Waals surface area contributed by atoms with Crippen LogP contribution in [0.5, 0.6) is 0 Å². The zero-order valence-corrected chi connectivity index (χ0v) is 17.6. The van der Waals surface area contributed by atoms with Crippen LogP contribution in [0.25, 0.3) is 22.4 Å². The second-order valence-corrected chi connectivity index (χ2v) is 8.43. The third-order valence-corrected chi connectivity index (χ3v) is 6.31. The van der Waals surface area contributed by atoms with Crippen molar-refractivity contribution in [3.8, 4) is 11.5 Å². The molecule has 8 nitrogen and oxygen atoms in total. The molecule has 1 unspecified atom stereocenters. The molecule has 1 aliphatic rings. The summed E-state index contributed by atoms with van der Waals surface area (Å²) < 4.78 is 7.38. The summed E-state index contributed by atoms with van der Waals surface area (Å²) in [6.07, 6.45) is 3.55. The third kappa shape index (κ3) is 4.00. The lowest BCUT2D eigenvalue weighted by atomic mass is 9.98. The molecule has 1 amide bonds. The van der Waals surface area contributed by atoms with Crippen molar-refractivity contribution in [2.75, 3.05) is 13.1 Å². The number of likely N-dealkylation sites (tertiary alicyclic amines) is 1. The molecule has 9 heteroatoms. The van der Waals surface area contributed by atoms with Crippen molar-refractivity contribution < 1.29 is 9.21 Å². The van der Waals surface area contributed by atoms with Gasteiger partial charge >= 0.3 is 0 Å². The van der Waals surface area contributed by atoms with Crippen LogP contribution in [-0.4, -0.2) is 43.6 Å². The average Bonchev–Trinajstić information content (AvgIpc) is 3.51. The van der Waals surface area contributed by atoms with Crippen molar-refractivity contribution in [1.29, 1.82) is 0 Å². The Morgan fingerprint density at radius 1 is 1.23 bits per heavy atom. The van der Waals surface area contributed by atoms with Crippen molar-refractivity contribution in [1.82, 2.24) is 24.6 Å². The van der Waals surface area contributed by atoms with Crippen LogP contribution in [0.15, 0.2) is 56.6 Å². The summed E-state index contributed by atoms with van der Waals surface area (Å²) in [4.78, 5) is 31.6. The molecule has 1 aromatic carbocycles. The normalized spacial score (nSPS) is 16.6. The van der Waals surface area contributed by atoms with E-state index in [2.05, 4.69) is 15.2 Å². The van der Waals surface area contributed by atoms with Crippen molar-refractivity contribution in [3.05, 3.63) is 63.7 Å². The van der Waals surface area contributed by atoms with Gasteiger partial charge < -0.3 is 9.32 Å². The van der Waals surface area contributed by atoms with Gasteiger partial charge in [-0.05, 0) is 36.4 Å². The summed E-state index contributed by atoms with van der Waals surface area (Å²) in [5.74, 6) is 1.14. The Morgan fingerprint density at radius 2 is 2.13 bits per heavy atom. The van der Waals surface area contributed by atoms with Crippen LogP contribution in [-0.2, 0) is 11.3 Å². The number of rotatable bonds is 5. The van der Waals surface area contributed by atoms with E-state index in [-0.39, 0.29) is 23.8 Å². The van der Waals surface area contributed by atoms with E-state index in [1.807, 2.05) is 33.9 Å². The predicted molar refractivity (Wildman–Crippen MR) is 117 cm³/mol. The van der Waals surface area contributed by atoms with Crippen molar-refractivity contribution in [3.63, 3.8) is 0 Å². The highest BCUT2D eigenvalue weighted by atomic mass is 32.1. The van der Waals surface area contributed by atoms with Crippen molar-refractivity contribution in [2.45, 2.75) is 31.7 Å². The van der Waals surface area contributed by atoms with Gasteiger partial charge in [0.15, 0.2) is 0 Å². The van der Waals surface area contributed by atoms with E-state index in [1.165, 1.54) is 10.9 Å². The standard InChI is InChI=1S/C22H21N5O3S/c28-19(7-10-27-14-23-18-6-2-1-5-17(18)22(27)29)26-9-3-4-15(12-26)20-24-25-21(30-20)16-8-11-31-13-16/h1-2,5-6,8,11,13-15H,3-4,7,9-10,12H2. The zero-order chi connectivity index (χ0) is 21.2. The van der Waals surface area contributed by atoms with Gasteiger partial charge in [0.25, 0.3) is 5.56 Å². The highest BCUT2D eigenvalue weighted by Gasteiger charge is 2.28. The van der Waals surface area contributed by atoms with E-state index in [0.717, 1.165) is 18.4 Å². The van der Waals surface area contributed by atoms with Gasteiger partial charge in [-0.25, -0.2) is 4.98 Å². The number of nitrogens with zero attached hydrogens (tertiary/aromatic N) is 5. The second kappa shape index (κ2) is 8.43. The number of amides is 1. The second-order valence-electron chi connectivity index (χ2n) is 7.65. The maximum Gasteiger partial charge on any atom is 0.261 e. The molecule has 0 spiro atoms. The number of benzene rings is 1. The Hall–Kier alpha value is -3.33. The number of piperidine rings is 1. The summed E-state index contributed by atoms with van der Waals surface area (Å²) in [6.45, 7) is 1.56. The first-order valence-electron chi connectivity index (χ1n) is 10.3. The molecule has 1 fully saturated rings. The Kier molecular flexibility index (Phi) is 5.33. The first-order valence-corrected chi connectivity index (χ1v) is 11.2. The molecule has 0 radical (unpaired) electrons. The van der Waals surface area contributed by atoms with Gasteiger partial charge in [0.05, 0.1) is 23.1 Å². The lowest BCUT2D eigenvalue weighted by molar-refractivity contribution is -0.132. The zero-order valence-electron chi connectivity index (χ0n) is 16.8. The average molecular weight is 436 g/mol. The number of hydrogen-bond donors (Lipinski definition) is 0. The van der Waals surface area contributed by atoms with Crippen molar-refractivity contribution >= 4 is 28.1 Å². The fourth-order valence-electron chi connectivity index (χ4n) is 3.95. The fourth-order valence-corrected chi connectivity index (χ4v) is 4.58. The largest absolute Gasteiger partial charge is 0.420 e. The van der Waals surface area contributed by atoms with E-state index in [4.69, 9.17) is 4.42 Å². The number of hydrogen-bond acceptors (Lipinski definition) is 7. The first-order chi connectivity index (χ1) is 15.2. The van der Waals surface area contributed by atoms with E-state index in [1.54, 1.807) is 23.5 Å². The molecule has 1 atom stereocenters. The minimum absolute atomic E-state index is 0.0160. The van der Waals surface area contributed by atoms with Crippen LogP contribution < -0.4 is 5.56 Å². The van der Waals surface area contributed by atoms with E-state index in [0.29, 0.717) is 42.3 Å². The summed E-state index contributed by atoms with van der Waals surface area (Å²) in [5, 5.41) is 12.9. The molecule has 1 aliphatic heterocycles. The highest BCUT2D eigenvalue weighted by molar-refractivity contribution is 7.08. The van der Waals surface area contributed by atoms with Crippen LogP contribution in [0.3, 0.4) is 0 Å². The van der Waals surface area contributed by atoms with Gasteiger partial charge in [0, 0.05) is 37.0 Å². The highest BCUT2D eigenvalue weighted by Crippen LogP contribution is 2.29. The van der Waals surface area contributed by atoms with Crippen LogP contribution in [0.2, 0.25) is 0 Å². The third-order valence-electron chi connectivity index (χ3n) is 5.63. The Labute approximate surface area is 182 Å². The summed E-state index contributed by atoms with van der Waals surface area (Å²) in [6, 6.07) is 9.18. The van der Waals surface area contributed by atoms with Gasteiger partial charge in [-0.3, -0.25) is 14.2 Å². The quantitative estimate of drug-likeness (QED) is 0.477. The number of carbonyl (C=O) groups excluding carboxylic acids is 1. The maximum absolute atomic E-state index is 12.8. The van der Waals surface area contributed by atoms with E-state index < -0.39 is 0 Å². The smallest absolute Gasteiger partial charge is 0.261 e. The molecule has 4 heterocycles. The summed E-state index contributed by atoms with van der Waals surface area (Å²) in [7, 11) is 0. The number of carbonyl (C=O) groups is 1. The minimum Gasteiger partial charge on any atom is -0.420 e. The number of fused-ring (bicyclic) bond motifs is 1. The molecule has 0 aliphatic carbocycles. The van der Waals surface area contributed by atoms with Gasteiger partial charge in [-0.15, -0.1) is 10.2 Å². The Morgan fingerprint density at radius 3 is 3.00 bits per heavy atom. The molecule has 0 N–H and O–H groups in total. The SMILES string of the molecule is O=C(CCn1cnc2ccccc2c1=O)N1CCCC(c2nnc(-c3ccsc3)o2)C1. The van der Waals surface area contributed by atoms with Crippen molar-refractivity contribution in [2.24, 2.45) is 0 Å². The molecular formula is C22H21N5O3S. The van der Waals surface area contributed by atoms with E-state index >= 15 is 0 Å². The molecule has 0 saturated carbocycles. The minimum atomic E-state index is -0.123. The first kappa shape index (κ1) is 19.6. The van der Waals surface area contributed by atoms with Crippen LogP contribution in [0, 0.1) is 0 Å². The lowest BCUT2D eigenvalue weighted by Crippen LogP contribution is -2.39. The molecule has 31 heavy (non-hydrogen) atoms. The molecule has 1 saturated heterocycles. The molecule has 5 rings (SSSR count). The maximum atomic E-state index is 12.8. The van der Waals surface area contributed by atoms with Gasteiger partial charge in [0.1, 0.15) is 0 Å². The molecular weight excluding hydrogens is 414 g/mol. The van der Waals surface area contributed by atoms with Crippen LogP contribution >= 0.6 is 11.3 Å². The topological polar surface area (TPSA) is 94.1 Å². The van der Waals surface area contributed by atoms with Gasteiger partial charge in [-0.1, -0.05) is 12.1 Å². The van der Waals surface area contributed by atoms with Crippen LogP contribution in [0.1, 0.15) is 31.1 Å². The van der Waals surface area contributed by atoms with E-state index in [9.17, 15) is 9.59 Å². The Balaban J connectivity index is 1.24. The summed E-state index contributed by atoms with van der Waals surface area (Å²) in [5.41, 5.74) is 1.46. The number of aromatic nitrogens is 4. The molecule has 158 valence electrons. The van der Waals surface area contributed by atoms with Gasteiger partial charge in [0.2, 0.25) is 17.7 Å². The van der Waals surface area contributed by atoms with Gasteiger partial charge in [-0.2, -0.15) is 11.3 Å².